The molecule has 13 heavy (non-hydrogen) atoms. The first-order valence-electron chi connectivity index (χ1n) is 4.55. The lowest BCUT2D eigenvalue weighted by molar-refractivity contribution is -0.134. The van der Waals surface area contributed by atoms with Gasteiger partial charge in [-0.05, 0) is 12.5 Å². The first kappa shape index (κ1) is 8.30. The van der Waals surface area contributed by atoms with E-state index in [2.05, 4.69) is 36.5 Å². The van der Waals surface area contributed by atoms with Gasteiger partial charge in [0.25, 0.3) is 0 Å². The summed E-state index contributed by atoms with van der Waals surface area (Å²) in [6, 6.07) is 8.54. The quantitative estimate of drug-likeness (QED) is 0.648. The lowest BCUT2D eigenvalue weighted by atomic mass is 9.86. The maximum atomic E-state index is 11.0. The Kier molecular flexibility index (Phi) is 1.83. The monoisotopic (exact) mass is 175 g/mol. The summed E-state index contributed by atoms with van der Waals surface area (Å²) in [7, 11) is 0. The van der Waals surface area contributed by atoms with Crippen molar-refractivity contribution in [3.05, 3.63) is 35.4 Å². The van der Waals surface area contributed by atoms with Gasteiger partial charge in [0.2, 0.25) is 5.91 Å². The van der Waals surface area contributed by atoms with Crippen molar-refractivity contribution in [1.82, 2.24) is 5.32 Å². The highest BCUT2D eigenvalue weighted by Crippen LogP contribution is 2.29. The third-order valence-electron chi connectivity index (χ3n) is 2.65. The summed E-state index contributed by atoms with van der Waals surface area (Å²) in [5.74, 6) is 0.285. The number of β-lactam (4-membered cyclic amide) rings is 1. The van der Waals surface area contributed by atoms with Gasteiger partial charge in [-0.2, -0.15) is 0 Å². The average molecular weight is 175 g/mol. The first-order chi connectivity index (χ1) is 6.18. The van der Waals surface area contributed by atoms with Crippen molar-refractivity contribution in [3.63, 3.8) is 0 Å². The number of hydrogen-bond donors (Lipinski definition) is 1. The summed E-state index contributed by atoms with van der Waals surface area (Å²) >= 11 is 0. The molecule has 1 aromatic carbocycles. The van der Waals surface area contributed by atoms with Crippen LogP contribution in [0.3, 0.4) is 0 Å². The van der Waals surface area contributed by atoms with Gasteiger partial charge in [-0.25, -0.2) is 0 Å². The van der Waals surface area contributed by atoms with Gasteiger partial charge in [0, 0.05) is 0 Å². The molecule has 0 aliphatic carbocycles. The van der Waals surface area contributed by atoms with Crippen LogP contribution in [-0.2, 0) is 4.79 Å². The van der Waals surface area contributed by atoms with Gasteiger partial charge in [0.15, 0.2) is 0 Å². The van der Waals surface area contributed by atoms with Crippen molar-refractivity contribution in [2.24, 2.45) is 5.92 Å². The highest BCUT2D eigenvalue weighted by atomic mass is 16.2. The molecule has 2 heteroatoms. The zero-order valence-corrected chi connectivity index (χ0v) is 7.87. The molecule has 1 N–H and O–H groups in total. The van der Waals surface area contributed by atoms with Crippen molar-refractivity contribution in [3.8, 4) is 0 Å². The molecule has 0 unspecified atom stereocenters. The summed E-state index contributed by atoms with van der Waals surface area (Å²) in [4.78, 5) is 11.0. The minimum Gasteiger partial charge on any atom is -0.348 e. The number of hydrogen-bond acceptors (Lipinski definition) is 1. The van der Waals surface area contributed by atoms with E-state index in [1.54, 1.807) is 0 Å². The van der Waals surface area contributed by atoms with Gasteiger partial charge < -0.3 is 5.32 Å². The van der Waals surface area contributed by atoms with E-state index < -0.39 is 0 Å². The molecule has 68 valence electrons. The smallest absolute Gasteiger partial charge is 0.225 e. The Balaban J connectivity index is 2.18. The maximum absolute atomic E-state index is 11.0. The standard InChI is InChI=1S/C11H13NO/c1-7-3-5-9(6-4-7)10-8(2)11(13)12-10/h3-6,8,10H,1-2H3,(H,12,13)/t8-,10-/m1/s1. The predicted molar refractivity (Wildman–Crippen MR) is 51.2 cm³/mol. The fourth-order valence-electron chi connectivity index (χ4n) is 1.61. The first-order valence-corrected chi connectivity index (χ1v) is 4.55. The molecular formula is C11H13NO. The Bertz CT molecular complexity index is 328. The van der Waals surface area contributed by atoms with Gasteiger partial charge in [-0.15, -0.1) is 0 Å². The van der Waals surface area contributed by atoms with Crippen LogP contribution in [0, 0.1) is 12.8 Å². The van der Waals surface area contributed by atoms with E-state index in [-0.39, 0.29) is 17.9 Å². The Labute approximate surface area is 78.0 Å². The van der Waals surface area contributed by atoms with Crippen LogP contribution >= 0.6 is 0 Å². The van der Waals surface area contributed by atoms with Crippen molar-refractivity contribution in [2.75, 3.05) is 0 Å². The number of carbonyl (C=O) groups is 1. The van der Waals surface area contributed by atoms with Crippen LogP contribution in [0.4, 0.5) is 0 Å². The molecule has 0 spiro atoms. The second-order valence-corrected chi connectivity index (χ2v) is 3.69. The van der Waals surface area contributed by atoms with E-state index in [0.29, 0.717) is 0 Å². The van der Waals surface area contributed by atoms with Gasteiger partial charge in [0.1, 0.15) is 0 Å². The van der Waals surface area contributed by atoms with Crippen LogP contribution in [0.25, 0.3) is 0 Å². The van der Waals surface area contributed by atoms with Crippen molar-refractivity contribution >= 4 is 5.91 Å². The van der Waals surface area contributed by atoms with Crippen molar-refractivity contribution in [1.29, 1.82) is 0 Å². The molecule has 0 aromatic heterocycles. The summed E-state index contributed by atoms with van der Waals surface area (Å²) < 4.78 is 0. The molecule has 2 atom stereocenters. The highest BCUT2D eigenvalue weighted by Gasteiger charge is 2.35. The average Bonchev–Trinajstić information content (AvgIpc) is 2.15. The zero-order chi connectivity index (χ0) is 9.42. The molecule has 0 bridgehead atoms. The normalized spacial score (nSPS) is 26.5. The van der Waals surface area contributed by atoms with E-state index in [1.807, 2.05) is 6.92 Å². The molecule has 0 radical (unpaired) electrons. The largest absolute Gasteiger partial charge is 0.348 e. The zero-order valence-electron chi connectivity index (χ0n) is 7.87. The fourth-order valence-corrected chi connectivity index (χ4v) is 1.61. The summed E-state index contributed by atoms with van der Waals surface area (Å²) in [5.41, 5.74) is 2.46. The minimum absolute atomic E-state index is 0.128. The molecule has 1 amide bonds. The Morgan fingerprint density at radius 3 is 2.31 bits per heavy atom. The van der Waals surface area contributed by atoms with E-state index in [9.17, 15) is 4.79 Å². The van der Waals surface area contributed by atoms with Crippen molar-refractivity contribution in [2.45, 2.75) is 19.9 Å². The number of amides is 1. The van der Waals surface area contributed by atoms with Crippen LogP contribution < -0.4 is 5.32 Å². The van der Waals surface area contributed by atoms with Crippen LogP contribution in [0.5, 0.6) is 0 Å². The topological polar surface area (TPSA) is 29.1 Å². The highest BCUT2D eigenvalue weighted by molar-refractivity contribution is 5.85. The number of rotatable bonds is 1. The molecule has 1 saturated heterocycles. The number of benzene rings is 1. The molecule has 2 nitrogen and oxygen atoms in total. The van der Waals surface area contributed by atoms with Gasteiger partial charge >= 0.3 is 0 Å². The number of aryl methyl sites for hydroxylation is 1. The second kappa shape index (κ2) is 2.87. The number of carbonyl (C=O) groups excluding carboxylic acids is 1. The lowest BCUT2D eigenvalue weighted by Crippen LogP contribution is -2.49. The third-order valence-corrected chi connectivity index (χ3v) is 2.65. The molecule has 1 fully saturated rings. The Morgan fingerprint density at radius 1 is 1.23 bits per heavy atom. The molecule has 1 aliphatic heterocycles. The molecule has 1 aromatic rings. The van der Waals surface area contributed by atoms with E-state index in [4.69, 9.17) is 0 Å². The van der Waals surface area contributed by atoms with Crippen LogP contribution in [0.2, 0.25) is 0 Å². The fraction of sp³-hybridized carbons (Fsp3) is 0.364. The van der Waals surface area contributed by atoms with Gasteiger partial charge in [-0.1, -0.05) is 36.8 Å². The summed E-state index contributed by atoms with van der Waals surface area (Å²) in [6.45, 7) is 4.02. The second-order valence-electron chi connectivity index (χ2n) is 3.69. The lowest BCUT2D eigenvalue weighted by Gasteiger charge is -2.34. The van der Waals surface area contributed by atoms with Crippen LogP contribution in [0.15, 0.2) is 24.3 Å². The molecule has 0 saturated carbocycles. The molecule has 1 aliphatic rings. The molecule has 1 heterocycles. The SMILES string of the molecule is Cc1ccc([C@@H]2NC(=O)[C@@H]2C)cc1. The van der Waals surface area contributed by atoms with Crippen molar-refractivity contribution < 1.29 is 4.79 Å². The van der Waals surface area contributed by atoms with Crippen LogP contribution in [-0.4, -0.2) is 5.91 Å². The summed E-state index contributed by atoms with van der Waals surface area (Å²) in [5, 5.41) is 2.89. The Hall–Kier alpha value is -1.31. The van der Waals surface area contributed by atoms with Gasteiger partial charge in [0.05, 0.1) is 12.0 Å². The molecular weight excluding hydrogens is 162 g/mol. The summed E-state index contributed by atoms with van der Waals surface area (Å²) in [6.07, 6.45) is 0. The molecule has 2 rings (SSSR count). The maximum Gasteiger partial charge on any atom is 0.225 e. The van der Waals surface area contributed by atoms with E-state index >= 15 is 0 Å². The third kappa shape index (κ3) is 1.32. The van der Waals surface area contributed by atoms with Gasteiger partial charge in [-0.3, -0.25) is 4.79 Å². The van der Waals surface area contributed by atoms with E-state index in [0.717, 1.165) is 0 Å². The number of nitrogens with one attached hydrogen (secondary N) is 1. The predicted octanol–water partition coefficient (Wildman–Crippen LogP) is 1.80. The minimum atomic E-state index is 0.128. The Morgan fingerprint density at radius 2 is 1.85 bits per heavy atom. The van der Waals surface area contributed by atoms with E-state index in [1.165, 1.54) is 11.1 Å². The van der Waals surface area contributed by atoms with Crippen LogP contribution in [0.1, 0.15) is 24.1 Å².